The van der Waals surface area contributed by atoms with Crippen molar-refractivity contribution in [3.8, 4) is 0 Å². The van der Waals surface area contributed by atoms with Crippen LogP contribution in [0.1, 0.15) is 19.3 Å². The van der Waals surface area contributed by atoms with Crippen LogP contribution in [-0.2, 0) is 0 Å². The highest BCUT2D eigenvalue weighted by Crippen LogP contribution is 2.35. The highest BCUT2D eigenvalue weighted by atomic mass is 16.3. The molecule has 0 aromatic carbocycles. The molecular weight excluding hydrogens is 132 g/mol. The lowest BCUT2D eigenvalue weighted by molar-refractivity contribution is 0.258. The first kappa shape index (κ1) is 7.02. The van der Waals surface area contributed by atoms with Crippen molar-refractivity contribution < 1.29 is 0 Å². The Kier molecular flexibility index (Phi) is 1.87. The Hall–Kier alpha value is -1.09. The molecule has 0 aromatic rings. The number of nitroso groups, excluding NO2 is 1. The summed E-state index contributed by atoms with van der Waals surface area (Å²) in [6, 6.07) is 0. The maximum atomic E-state index is 10.2. The van der Waals surface area contributed by atoms with E-state index in [1.54, 1.807) is 0 Å². The van der Waals surface area contributed by atoms with Crippen LogP contribution in [0.4, 0.5) is 0 Å². The molecule has 0 atom stereocenters. The Morgan fingerprint density at radius 3 is 2.60 bits per heavy atom. The molecular formula is C5H8N4O. The van der Waals surface area contributed by atoms with E-state index in [0.717, 1.165) is 19.3 Å². The molecule has 0 amide bonds. The van der Waals surface area contributed by atoms with Crippen LogP contribution in [0.5, 0.6) is 0 Å². The van der Waals surface area contributed by atoms with Crippen LogP contribution in [0.25, 0.3) is 10.4 Å². The number of nitrogens with zero attached hydrogens (tertiary/aromatic N) is 4. The van der Waals surface area contributed by atoms with Crippen molar-refractivity contribution in [2.24, 2.45) is 10.3 Å². The molecule has 1 fully saturated rings. The Morgan fingerprint density at radius 1 is 1.60 bits per heavy atom. The minimum absolute atomic E-state index is 0.229. The van der Waals surface area contributed by atoms with Gasteiger partial charge in [0.2, 0.25) is 0 Å². The van der Waals surface area contributed by atoms with Gasteiger partial charge in [-0.15, -0.1) is 0 Å². The van der Waals surface area contributed by atoms with Crippen molar-refractivity contribution in [1.29, 1.82) is 0 Å². The zero-order valence-corrected chi connectivity index (χ0v) is 5.53. The minimum atomic E-state index is -0.535. The molecule has 1 aliphatic carbocycles. The molecule has 0 N–H and O–H groups in total. The van der Waals surface area contributed by atoms with Crippen LogP contribution in [0.15, 0.2) is 10.3 Å². The lowest BCUT2D eigenvalue weighted by Gasteiger charge is -2.32. The first-order chi connectivity index (χ1) is 4.83. The zero-order valence-electron chi connectivity index (χ0n) is 5.53. The number of azide groups is 1. The van der Waals surface area contributed by atoms with Gasteiger partial charge in [-0.25, -0.2) is 0 Å². The summed E-state index contributed by atoms with van der Waals surface area (Å²) in [5.41, 5.74) is 7.42. The fourth-order valence-electron chi connectivity index (χ4n) is 1.03. The van der Waals surface area contributed by atoms with Gasteiger partial charge < -0.3 is 0 Å². The van der Waals surface area contributed by atoms with Crippen LogP contribution in [0, 0.1) is 4.91 Å². The minimum Gasteiger partial charge on any atom is -0.150 e. The van der Waals surface area contributed by atoms with Gasteiger partial charge in [-0.05, 0) is 24.8 Å². The third kappa shape index (κ3) is 1.09. The number of rotatable bonds is 3. The monoisotopic (exact) mass is 140 g/mol. The van der Waals surface area contributed by atoms with Crippen molar-refractivity contribution in [2.75, 3.05) is 6.54 Å². The van der Waals surface area contributed by atoms with E-state index in [1.165, 1.54) is 0 Å². The van der Waals surface area contributed by atoms with Gasteiger partial charge in [0.15, 0.2) is 0 Å². The topological polar surface area (TPSA) is 78.2 Å². The van der Waals surface area contributed by atoms with Gasteiger partial charge in [0.1, 0.15) is 5.54 Å². The first-order valence-electron chi connectivity index (χ1n) is 3.18. The second kappa shape index (κ2) is 2.66. The summed E-state index contributed by atoms with van der Waals surface area (Å²) in [4.78, 5) is 12.8. The summed E-state index contributed by atoms with van der Waals surface area (Å²) in [7, 11) is 0. The summed E-state index contributed by atoms with van der Waals surface area (Å²) in [5, 5.41) is 6.27. The predicted octanol–water partition coefficient (Wildman–Crippen LogP) is 1.99. The molecule has 0 saturated heterocycles. The number of hydrogen-bond donors (Lipinski definition) is 0. The van der Waals surface area contributed by atoms with Crippen molar-refractivity contribution >= 4 is 0 Å². The van der Waals surface area contributed by atoms with E-state index in [9.17, 15) is 4.91 Å². The van der Waals surface area contributed by atoms with E-state index in [1.807, 2.05) is 0 Å². The zero-order chi connectivity index (χ0) is 7.45. The van der Waals surface area contributed by atoms with Gasteiger partial charge in [-0.3, -0.25) is 0 Å². The molecule has 0 spiro atoms. The van der Waals surface area contributed by atoms with Gasteiger partial charge in [0.25, 0.3) is 0 Å². The highest BCUT2D eigenvalue weighted by molar-refractivity contribution is 4.97. The summed E-state index contributed by atoms with van der Waals surface area (Å²) in [6.07, 6.45) is 2.57. The van der Waals surface area contributed by atoms with Gasteiger partial charge in [-0.2, -0.15) is 4.91 Å². The van der Waals surface area contributed by atoms with E-state index >= 15 is 0 Å². The van der Waals surface area contributed by atoms with Crippen molar-refractivity contribution in [1.82, 2.24) is 0 Å². The predicted molar refractivity (Wildman–Crippen MR) is 36.4 cm³/mol. The second-order valence-electron chi connectivity index (χ2n) is 2.56. The fraction of sp³-hybridized carbons (Fsp3) is 1.00. The Labute approximate surface area is 58.0 Å². The summed E-state index contributed by atoms with van der Waals surface area (Å²) >= 11 is 0. The average molecular weight is 140 g/mol. The SMILES string of the molecule is [N-]=[N+]=NCC1(N=O)CCC1. The molecule has 0 aliphatic heterocycles. The summed E-state index contributed by atoms with van der Waals surface area (Å²) in [5.74, 6) is 0. The molecule has 0 radical (unpaired) electrons. The van der Waals surface area contributed by atoms with Gasteiger partial charge in [-0.1, -0.05) is 10.3 Å². The van der Waals surface area contributed by atoms with E-state index in [0.29, 0.717) is 0 Å². The molecule has 5 nitrogen and oxygen atoms in total. The van der Waals surface area contributed by atoms with Gasteiger partial charge in [0.05, 0.1) is 6.54 Å². The van der Waals surface area contributed by atoms with Crippen LogP contribution < -0.4 is 0 Å². The Balaban J connectivity index is 2.48. The number of hydrogen-bond acceptors (Lipinski definition) is 3. The standard InChI is InChI=1S/C5H8N4O/c6-9-7-4-5(8-10)2-1-3-5/h1-4H2. The second-order valence-corrected chi connectivity index (χ2v) is 2.56. The molecule has 1 saturated carbocycles. The van der Waals surface area contributed by atoms with Crippen LogP contribution in [-0.4, -0.2) is 12.1 Å². The summed E-state index contributed by atoms with van der Waals surface area (Å²) in [6.45, 7) is 0.229. The molecule has 10 heavy (non-hydrogen) atoms. The third-order valence-corrected chi connectivity index (χ3v) is 1.91. The molecule has 54 valence electrons. The highest BCUT2D eigenvalue weighted by Gasteiger charge is 2.37. The molecule has 0 aromatic heterocycles. The maximum absolute atomic E-state index is 10.2. The van der Waals surface area contributed by atoms with E-state index in [4.69, 9.17) is 5.53 Å². The quantitative estimate of drug-likeness (QED) is 0.255. The lowest BCUT2D eigenvalue weighted by atomic mass is 9.78. The summed E-state index contributed by atoms with van der Waals surface area (Å²) < 4.78 is 0. The van der Waals surface area contributed by atoms with Crippen LogP contribution in [0.3, 0.4) is 0 Å². The molecule has 0 bridgehead atoms. The van der Waals surface area contributed by atoms with Crippen LogP contribution in [0.2, 0.25) is 0 Å². The smallest absolute Gasteiger partial charge is 0.108 e. The van der Waals surface area contributed by atoms with Crippen molar-refractivity contribution in [3.05, 3.63) is 15.3 Å². The van der Waals surface area contributed by atoms with E-state index < -0.39 is 5.54 Å². The van der Waals surface area contributed by atoms with Gasteiger partial charge >= 0.3 is 0 Å². The molecule has 5 heteroatoms. The average Bonchev–Trinajstić information content (AvgIpc) is 1.87. The lowest BCUT2D eigenvalue weighted by Crippen LogP contribution is -2.37. The van der Waals surface area contributed by atoms with Crippen molar-refractivity contribution in [2.45, 2.75) is 24.8 Å². The van der Waals surface area contributed by atoms with Gasteiger partial charge in [0, 0.05) is 4.91 Å². The maximum Gasteiger partial charge on any atom is 0.108 e. The van der Waals surface area contributed by atoms with E-state index in [-0.39, 0.29) is 6.54 Å². The molecule has 0 heterocycles. The Morgan fingerprint density at radius 2 is 2.30 bits per heavy atom. The van der Waals surface area contributed by atoms with Crippen LogP contribution >= 0.6 is 0 Å². The fourth-order valence-corrected chi connectivity index (χ4v) is 1.03. The molecule has 0 unspecified atom stereocenters. The largest absolute Gasteiger partial charge is 0.150 e. The third-order valence-electron chi connectivity index (χ3n) is 1.91. The molecule has 1 aliphatic rings. The van der Waals surface area contributed by atoms with E-state index in [2.05, 4.69) is 15.2 Å². The first-order valence-corrected chi connectivity index (χ1v) is 3.18. The molecule has 1 rings (SSSR count). The van der Waals surface area contributed by atoms with Crippen molar-refractivity contribution in [3.63, 3.8) is 0 Å². The normalized spacial score (nSPS) is 20.4. The Bertz CT molecular complexity index is 180.